The van der Waals surface area contributed by atoms with Crippen LogP contribution in [0, 0.1) is 0 Å². The molecule has 0 spiro atoms. The number of fused-ring (bicyclic) bond motifs is 6. The molecule has 0 heterocycles. The number of anilines is 3. The monoisotopic (exact) mass is 663 g/mol. The van der Waals surface area contributed by atoms with Crippen LogP contribution in [0.5, 0.6) is 0 Å². The third-order valence-electron chi connectivity index (χ3n) is 11.6. The first kappa shape index (κ1) is 30.4. The van der Waals surface area contributed by atoms with Crippen LogP contribution in [0.2, 0.25) is 0 Å². The summed E-state index contributed by atoms with van der Waals surface area (Å²) in [6, 6.07) is 76.0. The third-order valence-corrected chi connectivity index (χ3v) is 11.6. The highest BCUT2D eigenvalue weighted by atomic mass is 15.1. The molecular formula is C51H37N. The maximum atomic E-state index is 2.47. The normalized spacial score (nSPS) is 16.0. The van der Waals surface area contributed by atoms with Crippen molar-refractivity contribution in [2.75, 3.05) is 4.90 Å². The van der Waals surface area contributed by atoms with Crippen LogP contribution in [0.25, 0.3) is 22.3 Å². The zero-order valence-electron chi connectivity index (χ0n) is 29.1. The van der Waals surface area contributed by atoms with Gasteiger partial charge >= 0.3 is 0 Å². The number of para-hydroxylation sites is 1. The van der Waals surface area contributed by atoms with E-state index in [1.165, 1.54) is 66.9 Å². The van der Waals surface area contributed by atoms with Crippen molar-refractivity contribution in [2.24, 2.45) is 0 Å². The molecule has 0 saturated carbocycles. The number of benzene rings is 8. The van der Waals surface area contributed by atoms with Crippen molar-refractivity contribution < 1.29 is 0 Å². The first-order valence-electron chi connectivity index (χ1n) is 18.2. The van der Waals surface area contributed by atoms with Crippen LogP contribution < -0.4 is 4.90 Å². The summed E-state index contributed by atoms with van der Waals surface area (Å²) in [6.45, 7) is 2.38. The standard InChI is InChI=1S/C51H37N/c1-50(36-19-6-2-7-20-36)44-29-16-14-27-41(44)43-35-40(33-34-45(43)50)52(39-25-12-5-13-26-39)48-32-18-31-47-49(48)42-28-15-17-30-46(42)51(47,37-21-8-3-9-22-37)38-23-10-4-11-24-38/h2-35H,1H3. The molecule has 0 aromatic heterocycles. The molecule has 0 bridgehead atoms. The number of rotatable bonds is 6. The Morgan fingerprint density at radius 1 is 0.346 bits per heavy atom. The van der Waals surface area contributed by atoms with Crippen molar-refractivity contribution in [3.63, 3.8) is 0 Å². The molecule has 0 saturated heterocycles. The van der Waals surface area contributed by atoms with Gasteiger partial charge in [0.1, 0.15) is 0 Å². The number of nitrogens with zero attached hydrogens (tertiary/aromatic N) is 1. The van der Waals surface area contributed by atoms with Gasteiger partial charge in [-0.2, -0.15) is 0 Å². The van der Waals surface area contributed by atoms with Crippen molar-refractivity contribution in [1.82, 2.24) is 0 Å². The fourth-order valence-corrected chi connectivity index (χ4v) is 9.38. The minimum absolute atomic E-state index is 0.249. The molecule has 8 aromatic carbocycles. The molecule has 2 aliphatic carbocycles. The molecule has 1 unspecified atom stereocenters. The maximum absolute atomic E-state index is 2.47. The minimum Gasteiger partial charge on any atom is -0.310 e. The SMILES string of the molecule is CC1(c2ccccc2)c2ccccc2-c2cc(N(c3ccccc3)c3cccc4c3-c3ccccc3C4(c3ccccc3)c3ccccc3)ccc21. The predicted molar refractivity (Wildman–Crippen MR) is 216 cm³/mol. The van der Waals surface area contributed by atoms with Gasteiger partial charge in [0.25, 0.3) is 0 Å². The van der Waals surface area contributed by atoms with E-state index in [4.69, 9.17) is 0 Å². The van der Waals surface area contributed by atoms with E-state index in [0.717, 1.165) is 11.4 Å². The van der Waals surface area contributed by atoms with E-state index in [1.54, 1.807) is 0 Å². The maximum Gasteiger partial charge on any atom is 0.0714 e. The Bertz CT molecular complexity index is 2530. The summed E-state index contributed by atoms with van der Waals surface area (Å²) in [4.78, 5) is 2.47. The molecule has 0 fully saturated rings. The highest BCUT2D eigenvalue weighted by Crippen LogP contribution is 2.60. The Morgan fingerprint density at radius 3 is 1.50 bits per heavy atom. The first-order chi connectivity index (χ1) is 25.7. The van der Waals surface area contributed by atoms with Crippen LogP contribution in [-0.4, -0.2) is 0 Å². The molecule has 246 valence electrons. The van der Waals surface area contributed by atoms with Crippen molar-refractivity contribution in [3.8, 4) is 22.3 Å². The zero-order valence-corrected chi connectivity index (χ0v) is 29.1. The molecule has 0 amide bonds. The molecule has 1 atom stereocenters. The van der Waals surface area contributed by atoms with E-state index in [2.05, 4.69) is 218 Å². The molecule has 1 heteroatoms. The average Bonchev–Trinajstić information content (AvgIpc) is 3.67. The second kappa shape index (κ2) is 11.8. The van der Waals surface area contributed by atoms with Gasteiger partial charge in [-0.25, -0.2) is 0 Å². The lowest BCUT2D eigenvalue weighted by atomic mass is 9.68. The van der Waals surface area contributed by atoms with Crippen LogP contribution in [0.3, 0.4) is 0 Å². The van der Waals surface area contributed by atoms with E-state index in [9.17, 15) is 0 Å². The molecule has 1 nitrogen and oxygen atoms in total. The predicted octanol–water partition coefficient (Wildman–Crippen LogP) is 12.9. The van der Waals surface area contributed by atoms with Crippen LogP contribution in [-0.2, 0) is 10.8 Å². The summed E-state index contributed by atoms with van der Waals surface area (Å²) in [7, 11) is 0. The molecule has 0 aliphatic heterocycles. The van der Waals surface area contributed by atoms with Crippen molar-refractivity contribution in [3.05, 3.63) is 245 Å². The molecule has 10 rings (SSSR count). The van der Waals surface area contributed by atoms with Gasteiger partial charge in [0.2, 0.25) is 0 Å². The topological polar surface area (TPSA) is 3.24 Å². The van der Waals surface area contributed by atoms with Gasteiger partial charge in [-0.05, 0) is 92.9 Å². The molecule has 8 aromatic rings. The molecule has 0 radical (unpaired) electrons. The quantitative estimate of drug-likeness (QED) is 0.171. The van der Waals surface area contributed by atoms with E-state index >= 15 is 0 Å². The van der Waals surface area contributed by atoms with E-state index in [-0.39, 0.29) is 5.41 Å². The van der Waals surface area contributed by atoms with Crippen LogP contribution in [0.15, 0.2) is 206 Å². The third kappa shape index (κ3) is 4.23. The lowest BCUT2D eigenvalue weighted by Crippen LogP contribution is -2.28. The summed E-state index contributed by atoms with van der Waals surface area (Å²) < 4.78 is 0. The average molecular weight is 664 g/mol. The van der Waals surface area contributed by atoms with Gasteiger partial charge in [-0.1, -0.05) is 176 Å². The van der Waals surface area contributed by atoms with Crippen LogP contribution >= 0.6 is 0 Å². The fraction of sp³-hybridized carbons (Fsp3) is 0.0588. The molecule has 2 aliphatic rings. The van der Waals surface area contributed by atoms with E-state index < -0.39 is 5.41 Å². The lowest BCUT2D eigenvalue weighted by Gasteiger charge is -2.34. The van der Waals surface area contributed by atoms with Gasteiger partial charge in [0, 0.05) is 22.4 Å². The van der Waals surface area contributed by atoms with Crippen molar-refractivity contribution in [1.29, 1.82) is 0 Å². The fourth-order valence-electron chi connectivity index (χ4n) is 9.38. The lowest BCUT2D eigenvalue weighted by molar-refractivity contribution is 0.714. The first-order valence-corrected chi connectivity index (χ1v) is 18.2. The summed E-state index contributed by atoms with van der Waals surface area (Å²) in [5.41, 5.74) is 17.0. The summed E-state index contributed by atoms with van der Waals surface area (Å²) in [6.07, 6.45) is 0. The molecule has 52 heavy (non-hydrogen) atoms. The van der Waals surface area contributed by atoms with Gasteiger partial charge in [-0.15, -0.1) is 0 Å². The van der Waals surface area contributed by atoms with Crippen LogP contribution in [0.1, 0.15) is 45.9 Å². The zero-order chi connectivity index (χ0) is 34.7. The van der Waals surface area contributed by atoms with Gasteiger partial charge in [-0.3, -0.25) is 0 Å². The summed E-state index contributed by atoms with van der Waals surface area (Å²) in [5, 5.41) is 0. The minimum atomic E-state index is -0.471. The molecular weight excluding hydrogens is 627 g/mol. The number of hydrogen-bond donors (Lipinski definition) is 0. The summed E-state index contributed by atoms with van der Waals surface area (Å²) in [5.74, 6) is 0. The Morgan fingerprint density at radius 2 is 0.846 bits per heavy atom. The number of hydrogen-bond acceptors (Lipinski definition) is 1. The second-order valence-corrected chi connectivity index (χ2v) is 14.2. The van der Waals surface area contributed by atoms with E-state index in [1.807, 2.05) is 0 Å². The highest BCUT2D eigenvalue weighted by molar-refractivity contribution is 5.98. The Kier molecular flexibility index (Phi) is 6.91. The van der Waals surface area contributed by atoms with Crippen LogP contribution in [0.4, 0.5) is 17.1 Å². The Hall–Kier alpha value is -6.44. The van der Waals surface area contributed by atoms with Gasteiger partial charge in [0.05, 0.1) is 11.1 Å². The Balaban J connectivity index is 1.25. The Labute approximate surface area is 306 Å². The van der Waals surface area contributed by atoms with Crippen molar-refractivity contribution in [2.45, 2.75) is 17.8 Å². The van der Waals surface area contributed by atoms with E-state index in [0.29, 0.717) is 0 Å². The molecule has 0 N–H and O–H groups in total. The summed E-state index contributed by atoms with van der Waals surface area (Å²) >= 11 is 0. The smallest absolute Gasteiger partial charge is 0.0714 e. The highest BCUT2D eigenvalue weighted by Gasteiger charge is 2.47. The van der Waals surface area contributed by atoms with Crippen molar-refractivity contribution >= 4 is 17.1 Å². The van der Waals surface area contributed by atoms with Gasteiger partial charge < -0.3 is 4.90 Å². The van der Waals surface area contributed by atoms with Gasteiger partial charge in [0.15, 0.2) is 0 Å². The largest absolute Gasteiger partial charge is 0.310 e. The second-order valence-electron chi connectivity index (χ2n) is 14.2.